The van der Waals surface area contributed by atoms with Gasteiger partial charge in [-0.1, -0.05) is 60.1 Å². The number of H-pyrrole nitrogens is 1. The molecule has 1 atom stereocenters. The van der Waals surface area contributed by atoms with Crippen LogP contribution in [0.1, 0.15) is 29.0 Å². The lowest BCUT2D eigenvalue weighted by molar-refractivity contribution is -0.121. The number of hydrogen-bond acceptors (Lipinski definition) is 2. The van der Waals surface area contributed by atoms with Crippen LogP contribution in [0.25, 0.3) is 10.9 Å². The molecule has 0 spiro atoms. The predicted octanol–water partition coefficient (Wildman–Crippen LogP) is 5.67. The number of ether oxygens (including phenoxy) is 1. The molecule has 5 heteroatoms. The number of amides is 1. The van der Waals surface area contributed by atoms with E-state index in [1.807, 2.05) is 79.0 Å². The third-order valence-corrected chi connectivity index (χ3v) is 5.52. The van der Waals surface area contributed by atoms with Gasteiger partial charge in [0, 0.05) is 46.6 Å². The molecule has 0 saturated carbocycles. The third-order valence-electron chi connectivity index (χ3n) is 5.29. The smallest absolute Gasteiger partial charge is 0.221 e. The van der Waals surface area contributed by atoms with Crippen LogP contribution >= 0.6 is 11.6 Å². The number of nitrogens with one attached hydrogen (secondary N) is 2. The molecule has 0 bridgehead atoms. The van der Waals surface area contributed by atoms with E-state index in [0.29, 0.717) is 18.0 Å². The van der Waals surface area contributed by atoms with E-state index in [0.717, 1.165) is 33.3 Å². The minimum atomic E-state index is -0.177. The Morgan fingerprint density at radius 3 is 2.60 bits per heavy atom. The van der Waals surface area contributed by atoms with Gasteiger partial charge in [-0.3, -0.25) is 4.79 Å². The molecule has 152 valence electrons. The molecule has 1 aromatic heterocycles. The molecule has 0 saturated heterocycles. The molecule has 1 heterocycles. The van der Waals surface area contributed by atoms with E-state index >= 15 is 0 Å². The fraction of sp³-hybridized carbons (Fsp3) is 0.160. The summed E-state index contributed by atoms with van der Waals surface area (Å²) in [6, 6.07) is 23.5. The van der Waals surface area contributed by atoms with Gasteiger partial charge in [0.2, 0.25) is 5.91 Å². The predicted molar refractivity (Wildman–Crippen MR) is 121 cm³/mol. The minimum Gasteiger partial charge on any atom is -0.496 e. The molecule has 0 aliphatic carbocycles. The number of methoxy groups -OCH3 is 1. The van der Waals surface area contributed by atoms with Crippen LogP contribution in [-0.2, 0) is 11.3 Å². The zero-order chi connectivity index (χ0) is 20.9. The third kappa shape index (κ3) is 4.34. The van der Waals surface area contributed by atoms with Crippen molar-refractivity contribution in [2.24, 2.45) is 0 Å². The molecule has 2 N–H and O–H groups in total. The minimum absolute atomic E-state index is 0.0221. The summed E-state index contributed by atoms with van der Waals surface area (Å²) in [6.45, 7) is 0.498. The lowest BCUT2D eigenvalue weighted by atomic mass is 9.87. The van der Waals surface area contributed by atoms with Crippen LogP contribution in [0.4, 0.5) is 0 Å². The van der Waals surface area contributed by atoms with Crippen molar-refractivity contribution in [2.75, 3.05) is 7.11 Å². The van der Waals surface area contributed by atoms with E-state index in [1.54, 1.807) is 7.11 Å². The topological polar surface area (TPSA) is 54.1 Å². The number of carbonyl (C=O) groups excluding carboxylic acids is 1. The molecule has 4 nitrogen and oxygen atoms in total. The zero-order valence-corrected chi connectivity index (χ0v) is 17.4. The van der Waals surface area contributed by atoms with Crippen LogP contribution in [0.5, 0.6) is 5.75 Å². The number of hydrogen-bond donors (Lipinski definition) is 2. The fourth-order valence-electron chi connectivity index (χ4n) is 3.80. The summed E-state index contributed by atoms with van der Waals surface area (Å²) >= 11 is 6.26. The standard InChI is InChI=1S/C25H23ClN2O2/c1-30-24-10-6-5-9-19(24)20(14-25(29)28-15-17-7-3-2-4-8-17)22-16-27-23-12-11-18(26)13-21(22)23/h2-13,16,20,27H,14-15H2,1H3,(H,28,29). The second kappa shape index (κ2) is 9.06. The van der Waals surface area contributed by atoms with Crippen molar-refractivity contribution < 1.29 is 9.53 Å². The second-order valence-electron chi connectivity index (χ2n) is 7.19. The van der Waals surface area contributed by atoms with Crippen LogP contribution in [0, 0.1) is 0 Å². The molecule has 4 aromatic rings. The van der Waals surface area contributed by atoms with Gasteiger partial charge < -0.3 is 15.0 Å². The Hall–Kier alpha value is -3.24. The number of rotatable bonds is 7. The summed E-state index contributed by atoms with van der Waals surface area (Å²) in [6.07, 6.45) is 2.26. The summed E-state index contributed by atoms with van der Waals surface area (Å²) in [7, 11) is 1.65. The van der Waals surface area contributed by atoms with E-state index in [1.165, 1.54) is 0 Å². The normalized spacial score (nSPS) is 11.9. The van der Waals surface area contributed by atoms with Crippen molar-refractivity contribution >= 4 is 28.4 Å². The number of carbonyl (C=O) groups is 1. The first-order valence-corrected chi connectivity index (χ1v) is 10.2. The number of halogens is 1. The van der Waals surface area contributed by atoms with Crippen molar-refractivity contribution in [3.8, 4) is 5.75 Å². The molecule has 0 aliphatic rings. The second-order valence-corrected chi connectivity index (χ2v) is 7.63. The highest BCUT2D eigenvalue weighted by Crippen LogP contribution is 2.38. The van der Waals surface area contributed by atoms with Gasteiger partial charge in [0.1, 0.15) is 5.75 Å². The molecule has 4 rings (SSSR count). The van der Waals surface area contributed by atoms with Gasteiger partial charge in [-0.2, -0.15) is 0 Å². The SMILES string of the molecule is COc1ccccc1C(CC(=O)NCc1ccccc1)c1c[nH]c2ccc(Cl)cc12. The number of para-hydroxylation sites is 1. The fourth-order valence-corrected chi connectivity index (χ4v) is 3.97. The van der Waals surface area contributed by atoms with Crippen molar-refractivity contribution in [3.05, 3.63) is 101 Å². The average molecular weight is 419 g/mol. The molecule has 1 amide bonds. The molecule has 0 aliphatic heterocycles. The van der Waals surface area contributed by atoms with E-state index < -0.39 is 0 Å². The van der Waals surface area contributed by atoms with Crippen LogP contribution in [0.3, 0.4) is 0 Å². The maximum Gasteiger partial charge on any atom is 0.221 e. The highest BCUT2D eigenvalue weighted by molar-refractivity contribution is 6.31. The molecule has 0 radical (unpaired) electrons. The van der Waals surface area contributed by atoms with Crippen LogP contribution in [-0.4, -0.2) is 18.0 Å². The van der Waals surface area contributed by atoms with Gasteiger partial charge in [0.05, 0.1) is 7.11 Å². The first-order chi connectivity index (χ1) is 14.7. The van der Waals surface area contributed by atoms with E-state index in [9.17, 15) is 4.79 Å². The summed E-state index contributed by atoms with van der Waals surface area (Å²) in [5.41, 5.74) is 4.04. The van der Waals surface area contributed by atoms with Crippen LogP contribution < -0.4 is 10.1 Å². The van der Waals surface area contributed by atoms with E-state index in [-0.39, 0.29) is 11.8 Å². The van der Waals surface area contributed by atoms with Gasteiger partial charge in [0.25, 0.3) is 0 Å². The molecule has 1 unspecified atom stereocenters. The number of aromatic nitrogens is 1. The molecular formula is C25H23ClN2O2. The Morgan fingerprint density at radius 1 is 1.03 bits per heavy atom. The van der Waals surface area contributed by atoms with Crippen molar-refractivity contribution in [1.82, 2.24) is 10.3 Å². The van der Waals surface area contributed by atoms with Gasteiger partial charge >= 0.3 is 0 Å². The molecule has 3 aromatic carbocycles. The maximum atomic E-state index is 12.9. The first-order valence-electron chi connectivity index (χ1n) is 9.86. The van der Waals surface area contributed by atoms with E-state index in [4.69, 9.17) is 16.3 Å². The first kappa shape index (κ1) is 20.0. The van der Waals surface area contributed by atoms with Gasteiger partial charge in [-0.25, -0.2) is 0 Å². The Kier molecular flexibility index (Phi) is 6.05. The summed E-state index contributed by atoms with van der Waals surface area (Å²) in [5.74, 6) is 0.560. The Balaban J connectivity index is 1.67. The van der Waals surface area contributed by atoms with Crippen molar-refractivity contribution in [2.45, 2.75) is 18.9 Å². The molecule has 0 fully saturated rings. The zero-order valence-electron chi connectivity index (χ0n) is 16.7. The molecular weight excluding hydrogens is 396 g/mol. The van der Waals surface area contributed by atoms with Crippen LogP contribution in [0.2, 0.25) is 5.02 Å². The van der Waals surface area contributed by atoms with Crippen LogP contribution in [0.15, 0.2) is 79.0 Å². The number of benzene rings is 3. The monoisotopic (exact) mass is 418 g/mol. The highest BCUT2D eigenvalue weighted by Gasteiger charge is 2.24. The largest absolute Gasteiger partial charge is 0.496 e. The summed E-state index contributed by atoms with van der Waals surface area (Å²) < 4.78 is 5.60. The summed E-state index contributed by atoms with van der Waals surface area (Å²) in [4.78, 5) is 16.2. The lowest BCUT2D eigenvalue weighted by Gasteiger charge is -2.20. The number of fused-ring (bicyclic) bond motifs is 1. The Labute approximate surface area is 180 Å². The quantitative estimate of drug-likeness (QED) is 0.406. The van der Waals surface area contributed by atoms with Crippen molar-refractivity contribution in [1.29, 1.82) is 0 Å². The number of aromatic amines is 1. The van der Waals surface area contributed by atoms with E-state index in [2.05, 4.69) is 10.3 Å². The molecule has 30 heavy (non-hydrogen) atoms. The van der Waals surface area contributed by atoms with Crippen molar-refractivity contribution in [3.63, 3.8) is 0 Å². The highest BCUT2D eigenvalue weighted by atomic mass is 35.5. The average Bonchev–Trinajstić information content (AvgIpc) is 3.19. The summed E-state index contributed by atoms with van der Waals surface area (Å²) in [5, 5.41) is 4.71. The lowest BCUT2D eigenvalue weighted by Crippen LogP contribution is -2.25. The maximum absolute atomic E-state index is 12.9. The van der Waals surface area contributed by atoms with Gasteiger partial charge in [-0.05, 0) is 35.4 Å². The Morgan fingerprint density at radius 2 is 1.80 bits per heavy atom. The van der Waals surface area contributed by atoms with Gasteiger partial charge in [0.15, 0.2) is 0 Å². The Bertz CT molecular complexity index is 1150. The van der Waals surface area contributed by atoms with Gasteiger partial charge in [-0.15, -0.1) is 0 Å².